The molecule has 0 aliphatic rings. The van der Waals surface area contributed by atoms with E-state index in [1.807, 2.05) is 59.2 Å². The van der Waals surface area contributed by atoms with E-state index in [1.54, 1.807) is 0 Å². The van der Waals surface area contributed by atoms with E-state index in [9.17, 15) is 0 Å². The Hall–Kier alpha value is -1.72. The van der Waals surface area contributed by atoms with Crippen molar-refractivity contribution in [1.82, 2.24) is 14.8 Å². The molecular formula is C14H10BrN3S. The summed E-state index contributed by atoms with van der Waals surface area (Å²) in [5, 5.41) is 7.17. The first-order valence-corrected chi connectivity index (χ1v) is 6.94. The molecule has 0 aliphatic heterocycles. The maximum Gasteiger partial charge on any atom is 0.200 e. The van der Waals surface area contributed by atoms with Crippen LogP contribution in [0.15, 0.2) is 59.1 Å². The lowest BCUT2D eigenvalue weighted by Gasteiger charge is -2.06. The molecule has 0 unspecified atom stereocenters. The van der Waals surface area contributed by atoms with Gasteiger partial charge in [-0.15, -0.1) is 0 Å². The molecule has 0 amide bonds. The summed E-state index contributed by atoms with van der Waals surface area (Å²) in [4.78, 5) is 0. The predicted molar refractivity (Wildman–Crippen MR) is 81.9 cm³/mol. The average molecular weight is 332 g/mol. The lowest BCUT2D eigenvalue weighted by Crippen LogP contribution is -1.97. The molecule has 1 heterocycles. The SMILES string of the molecule is S=c1[nH]nc(-c2ccccc2)n1-c1ccc(Br)cc1. The van der Waals surface area contributed by atoms with Crippen LogP contribution in [0, 0.1) is 4.77 Å². The number of hydrogen-bond acceptors (Lipinski definition) is 2. The Kier molecular flexibility index (Phi) is 3.31. The number of nitrogens with one attached hydrogen (secondary N) is 1. The van der Waals surface area contributed by atoms with Crippen molar-refractivity contribution in [3.8, 4) is 17.1 Å². The lowest BCUT2D eigenvalue weighted by molar-refractivity contribution is 1.04. The Morgan fingerprint density at radius 3 is 2.37 bits per heavy atom. The van der Waals surface area contributed by atoms with Crippen LogP contribution in [0.5, 0.6) is 0 Å². The van der Waals surface area contributed by atoms with Crippen LogP contribution in [-0.2, 0) is 0 Å². The van der Waals surface area contributed by atoms with E-state index in [4.69, 9.17) is 12.2 Å². The molecule has 3 nitrogen and oxygen atoms in total. The Morgan fingerprint density at radius 1 is 1.00 bits per heavy atom. The molecule has 1 N–H and O–H groups in total. The summed E-state index contributed by atoms with van der Waals surface area (Å²) in [7, 11) is 0. The summed E-state index contributed by atoms with van der Waals surface area (Å²) in [6.07, 6.45) is 0. The highest BCUT2D eigenvalue weighted by molar-refractivity contribution is 9.10. The molecule has 0 atom stereocenters. The summed E-state index contributed by atoms with van der Waals surface area (Å²) in [5.74, 6) is 0.813. The largest absolute Gasteiger partial charge is 0.268 e. The van der Waals surface area contributed by atoms with Gasteiger partial charge >= 0.3 is 0 Å². The number of aromatic amines is 1. The molecule has 0 saturated carbocycles. The highest BCUT2D eigenvalue weighted by Gasteiger charge is 2.09. The van der Waals surface area contributed by atoms with E-state index in [0.29, 0.717) is 4.77 Å². The molecule has 5 heteroatoms. The van der Waals surface area contributed by atoms with Gasteiger partial charge in [-0.2, -0.15) is 5.10 Å². The zero-order chi connectivity index (χ0) is 13.2. The van der Waals surface area contributed by atoms with Crippen molar-refractivity contribution in [2.75, 3.05) is 0 Å². The fourth-order valence-corrected chi connectivity index (χ4v) is 2.41. The van der Waals surface area contributed by atoms with Gasteiger partial charge in [0.2, 0.25) is 0 Å². The molecule has 0 aliphatic carbocycles. The normalized spacial score (nSPS) is 10.6. The summed E-state index contributed by atoms with van der Waals surface area (Å²) in [6, 6.07) is 18.0. The third-order valence-electron chi connectivity index (χ3n) is 2.79. The van der Waals surface area contributed by atoms with E-state index in [0.717, 1.165) is 21.5 Å². The first-order valence-electron chi connectivity index (χ1n) is 5.74. The minimum Gasteiger partial charge on any atom is -0.268 e. The number of benzene rings is 2. The van der Waals surface area contributed by atoms with E-state index in [2.05, 4.69) is 26.1 Å². The van der Waals surface area contributed by atoms with Gasteiger partial charge in [0.25, 0.3) is 0 Å². The fraction of sp³-hybridized carbons (Fsp3) is 0. The van der Waals surface area contributed by atoms with E-state index in [1.165, 1.54) is 0 Å². The summed E-state index contributed by atoms with van der Waals surface area (Å²) in [5.41, 5.74) is 2.01. The number of hydrogen-bond donors (Lipinski definition) is 1. The average Bonchev–Trinajstić information content (AvgIpc) is 2.83. The van der Waals surface area contributed by atoms with Gasteiger partial charge in [0.15, 0.2) is 10.6 Å². The van der Waals surface area contributed by atoms with Gasteiger partial charge in [0.1, 0.15) is 0 Å². The van der Waals surface area contributed by atoms with Gasteiger partial charge < -0.3 is 0 Å². The first-order chi connectivity index (χ1) is 9.25. The zero-order valence-corrected chi connectivity index (χ0v) is 12.3. The van der Waals surface area contributed by atoms with Crippen molar-refractivity contribution < 1.29 is 0 Å². The van der Waals surface area contributed by atoms with Crippen molar-refractivity contribution in [3.63, 3.8) is 0 Å². The highest BCUT2D eigenvalue weighted by Crippen LogP contribution is 2.22. The van der Waals surface area contributed by atoms with Crippen LogP contribution in [0.1, 0.15) is 0 Å². The first kappa shape index (κ1) is 12.3. The Balaban J connectivity index is 2.19. The monoisotopic (exact) mass is 331 g/mol. The van der Waals surface area contributed by atoms with Crippen molar-refractivity contribution in [2.24, 2.45) is 0 Å². The third kappa shape index (κ3) is 2.39. The third-order valence-corrected chi connectivity index (χ3v) is 3.59. The smallest absolute Gasteiger partial charge is 0.200 e. The Bertz CT molecular complexity index is 744. The van der Waals surface area contributed by atoms with Gasteiger partial charge in [0, 0.05) is 10.0 Å². The molecular weight excluding hydrogens is 322 g/mol. The minimum atomic E-state index is 0.584. The summed E-state index contributed by atoms with van der Waals surface area (Å²) >= 11 is 8.75. The molecule has 0 fully saturated rings. The minimum absolute atomic E-state index is 0.584. The van der Waals surface area contributed by atoms with E-state index < -0.39 is 0 Å². The Labute approximate surface area is 124 Å². The summed E-state index contributed by atoms with van der Waals surface area (Å²) < 4.78 is 3.55. The quantitative estimate of drug-likeness (QED) is 0.708. The molecule has 2 aromatic carbocycles. The molecule has 0 radical (unpaired) electrons. The number of H-pyrrole nitrogens is 1. The maximum absolute atomic E-state index is 5.32. The van der Waals surface area contributed by atoms with Crippen LogP contribution in [-0.4, -0.2) is 14.8 Å². The number of nitrogens with zero attached hydrogens (tertiary/aromatic N) is 2. The van der Waals surface area contributed by atoms with Crippen LogP contribution in [0.2, 0.25) is 0 Å². The lowest BCUT2D eigenvalue weighted by atomic mass is 10.2. The Morgan fingerprint density at radius 2 is 1.68 bits per heavy atom. The second-order valence-electron chi connectivity index (χ2n) is 4.03. The second-order valence-corrected chi connectivity index (χ2v) is 5.33. The zero-order valence-electron chi connectivity index (χ0n) is 9.88. The van der Waals surface area contributed by atoms with Crippen molar-refractivity contribution in [3.05, 3.63) is 63.8 Å². The van der Waals surface area contributed by atoms with E-state index in [-0.39, 0.29) is 0 Å². The van der Waals surface area contributed by atoms with Gasteiger partial charge in [-0.3, -0.25) is 9.67 Å². The van der Waals surface area contributed by atoms with Crippen LogP contribution in [0.25, 0.3) is 17.1 Å². The van der Waals surface area contributed by atoms with Crippen molar-refractivity contribution in [2.45, 2.75) is 0 Å². The van der Waals surface area contributed by atoms with Gasteiger partial charge in [0.05, 0.1) is 5.69 Å². The van der Waals surface area contributed by atoms with Crippen LogP contribution in [0.3, 0.4) is 0 Å². The van der Waals surface area contributed by atoms with Crippen molar-refractivity contribution >= 4 is 28.1 Å². The molecule has 3 aromatic rings. The van der Waals surface area contributed by atoms with E-state index >= 15 is 0 Å². The molecule has 0 spiro atoms. The summed E-state index contributed by atoms with van der Waals surface area (Å²) in [6.45, 7) is 0. The standard InChI is InChI=1S/C14H10BrN3S/c15-11-6-8-12(9-7-11)18-13(16-17-14(18)19)10-4-2-1-3-5-10/h1-9H,(H,17,19). The predicted octanol–water partition coefficient (Wildman–Crippen LogP) is 4.36. The molecule has 0 bridgehead atoms. The van der Waals surface area contributed by atoms with Gasteiger partial charge in [-0.1, -0.05) is 46.3 Å². The molecule has 19 heavy (non-hydrogen) atoms. The number of aromatic nitrogens is 3. The number of halogens is 1. The second kappa shape index (κ2) is 5.11. The molecule has 94 valence electrons. The molecule has 3 rings (SSSR count). The van der Waals surface area contributed by atoms with Gasteiger partial charge in [-0.25, -0.2) is 0 Å². The van der Waals surface area contributed by atoms with Crippen molar-refractivity contribution in [1.29, 1.82) is 0 Å². The van der Waals surface area contributed by atoms with Crippen LogP contribution in [0.4, 0.5) is 0 Å². The topological polar surface area (TPSA) is 33.6 Å². The van der Waals surface area contributed by atoms with Crippen LogP contribution < -0.4 is 0 Å². The molecule has 0 saturated heterocycles. The van der Waals surface area contributed by atoms with Gasteiger partial charge in [-0.05, 0) is 36.5 Å². The molecule has 1 aromatic heterocycles. The fourth-order valence-electron chi connectivity index (χ4n) is 1.91. The highest BCUT2D eigenvalue weighted by atomic mass is 79.9. The van der Waals surface area contributed by atoms with Crippen LogP contribution >= 0.6 is 28.1 Å². The maximum atomic E-state index is 5.32. The number of rotatable bonds is 2.